The standard InChI is InChI=1S/C17H13BrClF2NO3/c18-12-5-4-10(19)6-9(12)7-15(17(24)25)22-16(23)8-11-13(20)2-1-3-14(11)21/h1-6,15H,7-8H2,(H,22,23)(H,24,25)/t15-/m0/s1. The van der Waals surface area contributed by atoms with Crippen LogP contribution in [0.2, 0.25) is 5.02 Å². The summed E-state index contributed by atoms with van der Waals surface area (Å²) in [7, 11) is 0. The highest BCUT2D eigenvalue weighted by molar-refractivity contribution is 9.10. The Morgan fingerprint density at radius 2 is 1.84 bits per heavy atom. The van der Waals surface area contributed by atoms with Crippen LogP contribution in [-0.2, 0) is 22.4 Å². The molecule has 0 saturated carbocycles. The first-order chi connectivity index (χ1) is 11.8. The minimum atomic E-state index is -1.27. The first-order valence-electron chi connectivity index (χ1n) is 7.17. The van der Waals surface area contributed by atoms with Crippen molar-refractivity contribution in [3.05, 3.63) is 68.7 Å². The number of carboxylic acid groups (broad SMARTS) is 1. The van der Waals surface area contributed by atoms with Crippen molar-refractivity contribution in [3.63, 3.8) is 0 Å². The molecule has 0 radical (unpaired) electrons. The molecule has 2 aromatic carbocycles. The predicted octanol–water partition coefficient (Wildman–Crippen LogP) is 3.74. The van der Waals surface area contributed by atoms with Crippen LogP contribution in [0, 0.1) is 11.6 Å². The third-order valence-electron chi connectivity index (χ3n) is 3.46. The largest absolute Gasteiger partial charge is 0.480 e. The Morgan fingerprint density at radius 3 is 2.44 bits per heavy atom. The molecule has 0 heterocycles. The summed E-state index contributed by atoms with van der Waals surface area (Å²) in [6.45, 7) is 0. The summed E-state index contributed by atoms with van der Waals surface area (Å²) in [5.41, 5.74) is 0.172. The molecule has 0 spiro atoms. The van der Waals surface area contributed by atoms with Crippen molar-refractivity contribution in [2.45, 2.75) is 18.9 Å². The maximum atomic E-state index is 13.6. The molecule has 0 fully saturated rings. The number of benzene rings is 2. The second-order valence-electron chi connectivity index (χ2n) is 5.28. The molecule has 25 heavy (non-hydrogen) atoms. The molecule has 2 rings (SSSR count). The average Bonchev–Trinajstić information content (AvgIpc) is 2.53. The number of nitrogens with one attached hydrogen (secondary N) is 1. The normalized spacial score (nSPS) is 11.8. The molecule has 2 N–H and O–H groups in total. The number of carboxylic acids is 1. The van der Waals surface area contributed by atoms with Gasteiger partial charge < -0.3 is 10.4 Å². The van der Waals surface area contributed by atoms with E-state index < -0.39 is 41.5 Å². The zero-order chi connectivity index (χ0) is 18.6. The highest BCUT2D eigenvalue weighted by atomic mass is 79.9. The molecule has 0 bridgehead atoms. The van der Waals surface area contributed by atoms with E-state index in [-0.39, 0.29) is 6.42 Å². The molecule has 132 valence electrons. The first kappa shape index (κ1) is 19.3. The van der Waals surface area contributed by atoms with Gasteiger partial charge in [0, 0.05) is 21.5 Å². The second-order valence-corrected chi connectivity index (χ2v) is 6.57. The predicted molar refractivity (Wildman–Crippen MR) is 92.5 cm³/mol. The van der Waals surface area contributed by atoms with E-state index in [9.17, 15) is 23.5 Å². The Bertz CT molecular complexity index is 796. The van der Waals surface area contributed by atoms with Gasteiger partial charge in [0.25, 0.3) is 0 Å². The molecule has 1 atom stereocenters. The summed E-state index contributed by atoms with van der Waals surface area (Å²) in [5.74, 6) is -3.79. The van der Waals surface area contributed by atoms with Gasteiger partial charge in [-0.2, -0.15) is 0 Å². The van der Waals surface area contributed by atoms with E-state index in [0.717, 1.165) is 12.1 Å². The lowest BCUT2D eigenvalue weighted by Gasteiger charge is -2.16. The Hall–Kier alpha value is -1.99. The summed E-state index contributed by atoms with van der Waals surface area (Å²) in [6, 6.07) is 6.84. The molecular weight excluding hydrogens is 420 g/mol. The summed E-state index contributed by atoms with van der Waals surface area (Å²) in [4.78, 5) is 23.4. The van der Waals surface area contributed by atoms with Crippen LogP contribution >= 0.6 is 27.5 Å². The van der Waals surface area contributed by atoms with Crippen LogP contribution in [0.5, 0.6) is 0 Å². The van der Waals surface area contributed by atoms with Gasteiger partial charge >= 0.3 is 5.97 Å². The van der Waals surface area contributed by atoms with Gasteiger partial charge in [0.15, 0.2) is 0 Å². The highest BCUT2D eigenvalue weighted by Gasteiger charge is 2.23. The molecule has 0 aliphatic carbocycles. The maximum Gasteiger partial charge on any atom is 0.326 e. The Balaban J connectivity index is 2.12. The Kier molecular flexibility index (Phi) is 6.50. The topological polar surface area (TPSA) is 66.4 Å². The van der Waals surface area contributed by atoms with Crippen molar-refractivity contribution >= 4 is 39.4 Å². The minimum Gasteiger partial charge on any atom is -0.480 e. The monoisotopic (exact) mass is 431 g/mol. The summed E-state index contributed by atoms with van der Waals surface area (Å²) in [5, 5.41) is 12.0. The lowest BCUT2D eigenvalue weighted by molar-refractivity contribution is -0.141. The van der Waals surface area contributed by atoms with Gasteiger partial charge in [0.1, 0.15) is 17.7 Å². The molecule has 0 aliphatic heterocycles. The number of aliphatic carboxylic acids is 1. The van der Waals surface area contributed by atoms with Crippen molar-refractivity contribution in [1.29, 1.82) is 0 Å². The van der Waals surface area contributed by atoms with Crippen LogP contribution in [0.25, 0.3) is 0 Å². The maximum absolute atomic E-state index is 13.6. The van der Waals surface area contributed by atoms with Crippen LogP contribution in [-0.4, -0.2) is 23.0 Å². The molecule has 0 aromatic heterocycles. The molecule has 0 aliphatic rings. The third-order valence-corrected chi connectivity index (χ3v) is 4.47. The van der Waals surface area contributed by atoms with Gasteiger partial charge in [0.2, 0.25) is 5.91 Å². The van der Waals surface area contributed by atoms with Crippen LogP contribution < -0.4 is 5.32 Å². The van der Waals surface area contributed by atoms with Crippen LogP contribution in [0.15, 0.2) is 40.9 Å². The van der Waals surface area contributed by atoms with Gasteiger partial charge in [-0.1, -0.05) is 33.6 Å². The van der Waals surface area contributed by atoms with Gasteiger partial charge in [-0.25, -0.2) is 13.6 Å². The number of halogens is 4. The Morgan fingerprint density at radius 1 is 1.20 bits per heavy atom. The molecule has 0 saturated heterocycles. The summed E-state index contributed by atoms with van der Waals surface area (Å²) < 4.78 is 27.8. The average molecular weight is 433 g/mol. The minimum absolute atomic E-state index is 0.0397. The number of carbonyl (C=O) groups is 2. The molecule has 1 amide bonds. The number of hydrogen-bond donors (Lipinski definition) is 2. The van der Waals surface area contributed by atoms with E-state index in [2.05, 4.69) is 21.2 Å². The van der Waals surface area contributed by atoms with Crippen molar-refractivity contribution in [1.82, 2.24) is 5.32 Å². The molecule has 8 heteroatoms. The van der Waals surface area contributed by atoms with Crippen molar-refractivity contribution in [2.75, 3.05) is 0 Å². The van der Waals surface area contributed by atoms with E-state index in [1.165, 1.54) is 6.07 Å². The van der Waals surface area contributed by atoms with Gasteiger partial charge in [0.05, 0.1) is 6.42 Å². The number of carbonyl (C=O) groups excluding carboxylic acids is 1. The zero-order valence-electron chi connectivity index (χ0n) is 12.7. The van der Waals surface area contributed by atoms with E-state index in [1.807, 2.05) is 0 Å². The molecule has 4 nitrogen and oxygen atoms in total. The number of rotatable bonds is 6. The number of amides is 1. The molecular formula is C17H13BrClF2NO3. The Labute approximate surface area is 155 Å². The SMILES string of the molecule is O=C(Cc1c(F)cccc1F)N[C@@H](Cc1cc(Cl)ccc1Br)C(=O)O. The number of hydrogen-bond acceptors (Lipinski definition) is 2. The lowest BCUT2D eigenvalue weighted by atomic mass is 10.0. The molecule has 2 aromatic rings. The smallest absolute Gasteiger partial charge is 0.326 e. The van der Waals surface area contributed by atoms with Gasteiger partial charge in [-0.05, 0) is 35.9 Å². The van der Waals surface area contributed by atoms with E-state index in [4.69, 9.17) is 11.6 Å². The van der Waals surface area contributed by atoms with Crippen LogP contribution in [0.3, 0.4) is 0 Å². The van der Waals surface area contributed by atoms with Crippen molar-refractivity contribution in [2.24, 2.45) is 0 Å². The van der Waals surface area contributed by atoms with E-state index >= 15 is 0 Å². The highest BCUT2D eigenvalue weighted by Crippen LogP contribution is 2.22. The molecule has 0 unspecified atom stereocenters. The van der Waals surface area contributed by atoms with Gasteiger partial charge in [-0.15, -0.1) is 0 Å². The van der Waals surface area contributed by atoms with E-state index in [0.29, 0.717) is 15.1 Å². The fourth-order valence-electron chi connectivity index (χ4n) is 2.23. The quantitative estimate of drug-likeness (QED) is 0.731. The fourth-order valence-corrected chi connectivity index (χ4v) is 2.83. The second kappa shape index (κ2) is 8.40. The summed E-state index contributed by atoms with van der Waals surface area (Å²) in [6.07, 6.45) is -0.638. The third kappa shape index (κ3) is 5.24. The van der Waals surface area contributed by atoms with Crippen LogP contribution in [0.1, 0.15) is 11.1 Å². The summed E-state index contributed by atoms with van der Waals surface area (Å²) >= 11 is 9.17. The van der Waals surface area contributed by atoms with Crippen LogP contribution in [0.4, 0.5) is 8.78 Å². The fraction of sp³-hybridized carbons (Fsp3) is 0.176. The first-order valence-corrected chi connectivity index (χ1v) is 8.34. The van der Waals surface area contributed by atoms with E-state index in [1.54, 1.807) is 18.2 Å². The zero-order valence-corrected chi connectivity index (χ0v) is 15.1. The van der Waals surface area contributed by atoms with Crippen molar-refractivity contribution in [3.8, 4) is 0 Å². The van der Waals surface area contributed by atoms with Crippen molar-refractivity contribution < 1.29 is 23.5 Å². The van der Waals surface area contributed by atoms with Gasteiger partial charge in [-0.3, -0.25) is 4.79 Å². The lowest BCUT2D eigenvalue weighted by Crippen LogP contribution is -2.43.